The van der Waals surface area contributed by atoms with Gasteiger partial charge in [0.15, 0.2) is 0 Å². The van der Waals surface area contributed by atoms with Gasteiger partial charge in [-0.2, -0.15) is 26.3 Å². The molecule has 1 unspecified atom stereocenters. The zero-order valence-corrected chi connectivity index (χ0v) is 22.1. The Bertz CT molecular complexity index is 1230. The van der Waals surface area contributed by atoms with Gasteiger partial charge in [-0.05, 0) is 42.2 Å². The van der Waals surface area contributed by atoms with Crippen molar-refractivity contribution in [3.05, 3.63) is 59.0 Å². The van der Waals surface area contributed by atoms with Crippen molar-refractivity contribution in [2.24, 2.45) is 0 Å². The molecule has 18 heteroatoms. The maximum atomic E-state index is 13.4. The number of nitrogens with one attached hydrogen (secondary N) is 3. The lowest BCUT2D eigenvalue weighted by Crippen LogP contribution is -2.32. The van der Waals surface area contributed by atoms with Crippen LogP contribution in [0.3, 0.4) is 0 Å². The molecule has 0 fully saturated rings. The van der Waals surface area contributed by atoms with E-state index in [1.54, 1.807) is 6.07 Å². The Hall–Kier alpha value is -4.48. The number of carbonyl (C=O) groups is 4. The fourth-order valence-electron chi connectivity index (χ4n) is 3.30. The van der Waals surface area contributed by atoms with Gasteiger partial charge in [0.2, 0.25) is 5.91 Å². The van der Waals surface area contributed by atoms with Gasteiger partial charge in [0.25, 0.3) is 0 Å². The molecular weight excluding hydrogens is 601 g/mol. The number of hydrogen-bond acceptors (Lipinski definition) is 7. The van der Waals surface area contributed by atoms with Gasteiger partial charge >= 0.3 is 30.3 Å². The van der Waals surface area contributed by atoms with E-state index in [2.05, 4.69) is 27.0 Å². The highest BCUT2D eigenvalue weighted by Crippen LogP contribution is 2.20. The Labute approximate surface area is 239 Å². The predicted molar refractivity (Wildman–Crippen MR) is 134 cm³/mol. The Morgan fingerprint density at radius 3 is 2.09 bits per heavy atom. The normalized spacial score (nSPS) is 13.0. The molecule has 11 nitrogen and oxygen atoms in total. The maximum absolute atomic E-state index is 13.4. The maximum Gasteiger partial charge on any atom is 0.490 e. The summed E-state index contributed by atoms with van der Waals surface area (Å²) in [5.74, 6) is -6.42. The second kappa shape index (κ2) is 16.8. The van der Waals surface area contributed by atoms with E-state index in [9.17, 15) is 40.3 Å². The SMILES string of the molecule is O=C(O)C(F)(F)F.O=C(O)C(F)(F)F.O=C(O)CC(NC(=O)CCNCc1ccc2c(n1)NCCC2)c1cccc(F)c1. The van der Waals surface area contributed by atoms with E-state index in [4.69, 9.17) is 24.9 Å². The number of halogens is 7. The fourth-order valence-corrected chi connectivity index (χ4v) is 3.30. The summed E-state index contributed by atoms with van der Waals surface area (Å²) in [6.07, 6.45) is -8.16. The van der Waals surface area contributed by atoms with Crippen LogP contribution in [-0.4, -0.2) is 69.6 Å². The first-order chi connectivity index (χ1) is 19.9. The fraction of sp³-hybridized carbons (Fsp3) is 0.400. The highest BCUT2D eigenvalue weighted by atomic mass is 19.4. The van der Waals surface area contributed by atoms with E-state index >= 15 is 0 Å². The molecule has 1 aromatic carbocycles. The molecule has 1 aliphatic rings. The van der Waals surface area contributed by atoms with Crippen LogP contribution in [-0.2, 0) is 32.1 Å². The second-order valence-electron chi connectivity index (χ2n) is 8.65. The molecule has 1 atom stereocenters. The Morgan fingerprint density at radius 1 is 0.953 bits per heavy atom. The van der Waals surface area contributed by atoms with Crippen molar-refractivity contribution in [1.29, 1.82) is 0 Å². The molecule has 1 amide bonds. The van der Waals surface area contributed by atoms with Gasteiger partial charge in [0.05, 0.1) is 18.2 Å². The van der Waals surface area contributed by atoms with Crippen LogP contribution in [0.5, 0.6) is 0 Å². The molecule has 0 aliphatic carbocycles. The first-order valence-electron chi connectivity index (χ1n) is 12.2. The van der Waals surface area contributed by atoms with Crippen molar-refractivity contribution in [1.82, 2.24) is 15.6 Å². The number of aromatic nitrogens is 1. The molecule has 0 radical (unpaired) electrons. The zero-order valence-electron chi connectivity index (χ0n) is 22.1. The minimum absolute atomic E-state index is 0.175. The number of benzene rings is 1. The van der Waals surface area contributed by atoms with E-state index in [-0.39, 0.29) is 18.7 Å². The lowest BCUT2D eigenvalue weighted by Gasteiger charge is -2.18. The van der Waals surface area contributed by atoms with Crippen LogP contribution >= 0.6 is 0 Å². The second-order valence-corrected chi connectivity index (χ2v) is 8.65. The summed E-state index contributed by atoms with van der Waals surface area (Å²) in [6, 6.07) is 8.89. The molecule has 0 spiro atoms. The molecule has 0 bridgehead atoms. The standard InChI is InChI=1S/C21H25FN4O3.2C2HF3O2/c22-16-5-1-3-15(11-16)18(12-20(28)29)26-19(27)8-10-23-13-17-7-6-14-4-2-9-24-21(14)25-17;2*3-2(4,5)1(6)7/h1,3,5-7,11,18,23H,2,4,8-10,12-13H2,(H,24,25)(H,26,27)(H,28,29);2*(H,6,7). The van der Waals surface area contributed by atoms with Crippen LogP contribution in [0.2, 0.25) is 0 Å². The Kier molecular flexibility index (Phi) is 14.3. The van der Waals surface area contributed by atoms with Gasteiger partial charge in [-0.25, -0.2) is 19.0 Å². The smallest absolute Gasteiger partial charge is 0.481 e. The number of anilines is 1. The zero-order chi connectivity index (χ0) is 32.8. The average Bonchev–Trinajstić information content (AvgIpc) is 2.90. The first kappa shape index (κ1) is 36.5. The Balaban J connectivity index is 0.000000548. The van der Waals surface area contributed by atoms with E-state index in [1.807, 2.05) is 6.07 Å². The van der Waals surface area contributed by atoms with Crippen molar-refractivity contribution in [2.75, 3.05) is 18.4 Å². The molecule has 0 saturated carbocycles. The number of hydrogen-bond donors (Lipinski definition) is 6. The van der Waals surface area contributed by atoms with Gasteiger partial charge in [-0.3, -0.25) is 9.59 Å². The minimum Gasteiger partial charge on any atom is -0.481 e. The summed E-state index contributed by atoms with van der Waals surface area (Å²) in [7, 11) is 0. The van der Waals surface area contributed by atoms with Crippen molar-refractivity contribution in [3.8, 4) is 0 Å². The van der Waals surface area contributed by atoms with Crippen LogP contribution in [0.1, 0.15) is 42.1 Å². The predicted octanol–water partition coefficient (Wildman–Crippen LogP) is 3.66. The summed E-state index contributed by atoms with van der Waals surface area (Å²) in [4.78, 5) is 45.7. The third-order valence-corrected chi connectivity index (χ3v) is 5.24. The van der Waals surface area contributed by atoms with Crippen LogP contribution < -0.4 is 16.0 Å². The van der Waals surface area contributed by atoms with Crippen molar-refractivity contribution in [2.45, 2.75) is 50.6 Å². The third-order valence-electron chi connectivity index (χ3n) is 5.24. The summed E-state index contributed by atoms with van der Waals surface area (Å²) in [6.45, 7) is 1.88. The first-order valence-corrected chi connectivity index (χ1v) is 12.2. The summed E-state index contributed by atoms with van der Waals surface area (Å²) in [5, 5.41) is 32.5. The summed E-state index contributed by atoms with van der Waals surface area (Å²) < 4.78 is 76.9. The molecule has 0 saturated heterocycles. The summed E-state index contributed by atoms with van der Waals surface area (Å²) in [5.41, 5.74) is 2.54. The van der Waals surface area contributed by atoms with Gasteiger partial charge in [0.1, 0.15) is 11.6 Å². The summed E-state index contributed by atoms with van der Waals surface area (Å²) >= 11 is 0. The van der Waals surface area contributed by atoms with Gasteiger partial charge in [-0.1, -0.05) is 18.2 Å². The number of carboxylic acid groups (broad SMARTS) is 3. The molecule has 43 heavy (non-hydrogen) atoms. The van der Waals surface area contributed by atoms with E-state index in [1.165, 1.54) is 23.8 Å². The number of rotatable bonds is 9. The number of carboxylic acids is 3. The number of amides is 1. The van der Waals surface area contributed by atoms with Crippen molar-refractivity contribution < 1.29 is 65.2 Å². The number of aliphatic carboxylic acids is 3. The van der Waals surface area contributed by atoms with E-state index in [0.29, 0.717) is 18.7 Å². The van der Waals surface area contributed by atoms with Crippen LogP contribution in [0.25, 0.3) is 0 Å². The highest BCUT2D eigenvalue weighted by Gasteiger charge is 2.38. The molecule has 238 valence electrons. The average molecular weight is 628 g/mol. The van der Waals surface area contributed by atoms with E-state index < -0.39 is 42.1 Å². The third kappa shape index (κ3) is 14.8. The molecule has 1 aliphatic heterocycles. The van der Waals surface area contributed by atoms with Gasteiger partial charge in [-0.15, -0.1) is 0 Å². The molecular formula is C25H27F7N4O7. The lowest BCUT2D eigenvalue weighted by atomic mass is 10.0. The number of pyridine rings is 1. The number of fused-ring (bicyclic) bond motifs is 1. The monoisotopic (exact) mass is 628 g/mol. The molecule has 6 N–H and O–H groups in total. The van der Waals surface area contributed by atoms with Crippen molar-refractivity contribution >= 4 is 29.6 Å². The topological polar surface area (TPSA) is 178 Å². The van der Waals surface area contributed by atoms with Crippen LogP contribution in [0, 0.1) is 5.82 Å². The number of aryl methyl sites for hydroxylation is 1. The number of alkyl halides is 6. The molecule has 3 rings (SSSR count). The lowest BCUT2D eigenvalue weighted by molar-refractivity contribution is -0.193. The van der Waals surface area contributed by atoms with Gasteiger partial charge in [0, 0.05) is 26.1 Å². The Morgan fingerprint density at radius 2 is 1.56 bits per heavy atom. The quantitative estimate of drug-likeness (QED) is 0.177. The number of carbonyl (C=O) groups excluding carboxylic acids is 1. The number of nitrogens with zero attached hydrogens (tertiary/aromatic N) is 1. The van der Waals surface area contributed by atoms with Gasteiger partial charge < -0.3 is 31.3 Å². The van der Waals surface area contributed by atoms with E-state index in [0.717, 1.165) is 30.9 Å². The van der Waals surface area contributed by atoms with Crippen LogP contribution in [0.15, 0.2) is 36.4 Å². The molecule has 1 aromatic heterocycles. The molecule has 2 heterocycles. The minimum atomic E-state index is -5.08. The molecule has 2 aromatic rings. The largest absolute Gasteiger partial charge is 0.490 e. The highest BCUT2D eigenvalue weighted by molar-refractivity contribution is 5.78. The van der Waals surface area contributed by atoms with Crippen LogP contribution in [0.4, 0.5) is 36.6 Å². The van der Waals surface area contributed by atoms with Crippen molar-refractivity contribution in [3.63, 3.8) is 0 Å².